The van der Waals surface area contributed by atoms with Gasteiger partial charge in [0.15, 0.2) is 11.5 Å². The molecule has 1 atom stereocenters. The summed E-state index contributed by atoms with van der Waals surface area (Å²) in [5.41, 5.74) is 1.79. The van der Waals surface area contributed by atoms with E-state index in [4.69, 9.17) is 25.8 Å². The molecule has 3 aromatic carbocycles. The first-order valence-electron chi connectivity index (χ1n) is 11.0. The number of rotatable bonds is 10. The summed E-state index contributed by atoms with van der Waals surface area (Å²) in [6, 6.07) is 16.0. The molecule has 1 N–H and O–H groups in total. The van der Waals surface area contributed by atoms with Crippen molar-refractivity contribution in [3.05, 3.63) is 76.8 Å². The van der Waals surface area contributed by atoms with Gasteiger partial charge >= 0.3 is 0 Å². The van der Waals surface area contributed by atoms with Gasteiger partial charge in [-0.05, 0) is 73.5 Å². The zero-order valence-corrected chi connectivity index (χ0v) is 22.3. The predicted molar refractivity (Wildman–Crippen MR) is 140 cm³/mol. The Hall–Kier alpha value is -3.43. The number of anilines is 1. The third kappa shape index (κ3) is 6.03. The van der Waals surface area contributed by atoms with Crippen molar-refractivity contribution < 1.29 is 27.4 Å². The minimum absolute atomic E-state index is 0.0410. The Balaban J connectivity index is 1.93. The third-order valence-electron chi connectivity index (χ3n) is 5.57. The van der Waals surface area contributed by atoms with Crippen LogP contribution in [0.4, 0.5) is 5.69 Å². The first kappa shape index (κ1) is 27.2. The van der Waals surface area contributed by atoms with E-state index in [0.29, 0.717) is 16.5 Å². The van der Waals surface area contributed by atoms with Gasteiger partial charge in [0.25, 0.3) is 10.0 Å². The number of ether oxygens (including phenoxy) is 3. The summed E-state index contributed by atoms with van der Waals surface area (Å²) in [5.74, 6) is 0.765. The van der Waals surface area contributed by atoms with E-state index in [2.05, 4.69) is 5.32 Å². The van der Waals surface area contributed by atoms with Crippen molar-refractivity contribution in [1.82, 2.24) is 5.32 Å². The van der Waals surface area contributed by atoms with E-state index in [1.165, 1.54) is 27.4 Å². The molecule has 1 amide bonds. The molecule has 3 aromatic rings. The van der Waals surface area contributed by atoms with Crippen LogP contribution in [-0.2, 0) is 14.8 Å². The number of nitrogens with one attached hydrogen (secondary N) is 1. The smallest absolute Gasteiger partial charge is 0.268 e. The number of hydrogen-bond donors (Lipinski definition) is 1. The van der Waals surface area contributed by atoms with Gasteiger partial charge in [-0.3, -0.25) is 9.10 Å². The maximum absolute atomic E-state index is 13.8. The Kier molecular flexibility index (Phi) is 8.70. The summed E-state index contributed by atoms with van der Waals surface area (Å²) < 4.78 is 44.5. The normalized spacial score (nSPS) is 11.9. The highest BCUT2D eigenvalue weighted by atomic mass is 35.5. The van der Waals surface area contributed by atoms with Crippen molar-refractivity contribution in [2.24, 2.45) is 0 Å². The Bertz CT molecular complexity index is 1330. The lowest BCUT2D eigenvalue weighted by Gasteiger charge is -2.26. The van der Waals surface area contributed by atoms with Crippen LogP contribution in [0.2, 0.25) is 5.02 Å². The lowest BCUT2D eigenvalue weighted by Crippen LogP contribution is -2.41. The molecule has 0 saturated carbocycles. The molecular formula is C26H29ClN2O6S. The quantitative estimate of drug-likeness (QED) is 0.405. The minimum atomic E-state index is -4.18. The second kappa shape index (κ2) is 11.5. The Morgan fingerprint density at radius 3 is 2.14 bits per heavy atom. The molecule has 0 aliphatic rings. The highest BCUT2D eigenvalue weighted by Gasteiger charge is 2.30. The summed E-state index contributed by atoms with van der Waals surface area (Å²) in [4.78, 5) is 13.1. The van der Waals surface area contributed by atoms with Crippen molar-refractivity contribution in [3.63, 3.8) is 0 Å². The van der Waals surface area contributed by atoms with E-state index in [1.807, 2.05) is 0 Å². The van der Waals surface area contributed by atoms with E-state index < -0.39 is 28.5 Å². The molecule has 36 heavy (non-hydrogen) atoms. The van der Waals surface area contributed by atoms with E-state index in [9.17, 15) is 13.2 Å². The van der Waals surface area contributed by atoms with Crippen LogP contribution < -0.4 is 23.8 Å². The zero-order valence-electron chi connectivity index (χ0n) is 20.7. The van der Waals surface area contributed by atoms with Gasteiger partial charge in [-0.15, -0.1) is 0 Å². The molecule has 0 bridgehead atoms. The Labute approximate surface area is 216 Å². The predicted octanol–water partition coefficient (Wildman–Crippen LogP) is 4.75. The SMILES string of the molecule is COc1ccc([C@H](C)NC(=O)CN(c2ccc(Cl)cc2)S(=O)(=O)c2cc(C)ccc2OC)cc1OC. The molecule has 0 radical (unpaired) electrons. The Morgan fingerprint density at radius 1 is 0.917 bits per heavy atom. The molecule has 0 aliphatic heterocycles. The fraction of sp³-hybridized carbons (Fsp3) is 0.269. The largest absolute Gasteiger partial charge is 0.495 e. The Morgan fingerprint density at radius 2 is 1.53 bits per heavy atom. The zero-order chi connectivity index (χ0) is 26.5. The minimum Gasteiger partial charge on any atom is -0.495 e. The number of carbonyl (C=O) groups is 1. The maximum atomic E-state index is 13.8. The number of aryl methyl sites for hydroxylation is 1. The number of hydrogen-bond acceptors (Lipinski definition) is 6. The lowest BCUT2D eigenvalue weighted by atomic mass is 10.1. The molecule has 0 spiro atoms. The van der Waals surface area contributed by atoms with Crippen LogP contribution in [0.25, 0.3) is 0 Å². The van der Waals surface area contributed by atoms with E-state index in [0.717, 1.165) is 15.4 Å². The van der Waals surface area contributed by atoms with E-state index >= 15 is 0 Å². The summed E-state index contributed by atoms with van der Waals surface area (Å²) in [6.45, 7) is 3.12. The molecule has 8 nitrogen and oxygen atoms in total. The number of carbonyl (C=O) groups excluding carboxylic acids is 1. The van der Waals surface area contributed by atoms with Crippen LogP contribution in [0.1, 0.15) is 24.1 Å². The van der Waals surface area contributed by atoms with Crippen molar-refractivity contribution in [2.45, 2.75) is 24.8 Å². The van der Waals surface area contributed by atoms with Crippen LogP contribution in [0.3, 0.4) is 0 Å². The van der Waals surface area contributed by atoms with Gasteiger partial charge in [0.05, 0.1) is 33.1 Å². The topological polar surface area (TPSA) is 94.2 Å². The number of amides is 1. The monoisotopic (exact) mass is 532 g/mol. The number of methoxy groups -OCH3 is 3. The van der Waals surface area contributed by atoms with Crippen molar-refractivity contribution in [2.75, 3.05) is 32.2 Å². The highest BCUT2D eigenvalue weighted by molar-refractivity contribution is 7.93. The van der Waals surface area contributed by atoms with Crippen molar-refractivity contribution >= 4 is 33.2 Å². The molecular weight excluding hydrogens is 504 g/mol. The van der Waals surface area contributed by atoms with Gasteiger partial charge in [0.2, 0.25) is 5.91 Å². The average Bonchev–Trinajstić information content (AvgIpc) is 2.87. The molecule has 10 heteroatoms. The molecule has 0 fully saturated rings. The third-order valence-corrected chi connectivity index (χ3v) is 7.62. The fourth-order valence-corrected chi connectivity index (χ4v) is 5.44. The summed E-state index contributed by atoms with van der Waals surface area (Å²) in [5, 5.41) is 3.30. The average molecular weight is 533 g/mol. The van der Waals surface area contributed by atoms with Gasteiger partial charge in [-0.25, -0.2) is 8.42 Å². The summed E-state index contributed by atoms with van der Waals surface area (Å²) in [6.07, 6.45) is 0. The van der Waals surface area contributed by atoms with Crippen LogP contribution >= 0.6 is 11.6 Å². The molecule has 0 heterocycles. The molecule has 0 saturated heterocycles. The van der Waals surface area contributed by atoms with Gasteiger partial charge in [0.1, 0.15) is 17.2 Å². The standard InChI is InChI=1S/C26H29ClN2O6S/c1-17-6-12-23(34-4)25(14-17)36(31,32)29(21-10-8-20(27)9-11-21)16-26(30)28-18(2)19-7-13-22(33-3)24(15-19)35-5/h6-15,18H,16H2,1-5H3,(H,28,30)/t18-/m0/s1. The van der Waals surface area contributed by atoms with Gasteiger partial charge < -0.3 is 19.5 Å². The second-order valence-corrected chi connectivity index (χ2v) is 10.3. The van der Waals surface area contributed by atoms with Gasteiger partial charge in [-0.2, -0.15) is 0 Å². The lowest BCUT2D eigenvalue weighted by molar-refractivity contribution is -0.120. The molecule has 0 aliphatic carbocycles. The molecule has 0 unspecified atom stereocenters. The first-order valence-corrected chi connectivity index (χ1v) is 12.9. The molecule has 0 aromatic heterocycles. The van der Waals surface area contributed by atoms with Gasteiger partial charge in [-0.1, -0.05) is 23.7 Å². The second-order valence-electron chi connectivity index (χ2n) is 8.05. The van der Waals surface area contributed by atoms with E-state index in [1.54, 1.807) is 68.4 Å². The van der Waals surface area contributed by atoms with Crippen LogP contribution in [-0.4, -0.2) is 42.2 Å². The van der Waals surface area contributed by atoms with Crippen molar-refractivity contribution in [3.8, 4) is 17.2 Å². The van der Waals surface area contributed by atoms with Crippen molar-refractivity contribution in [1.29, 1.82) is 0 Å². The maximum Gasteiger partial charge on any atom is 0.268 e. The van der Waals surface area contributed by atoms with Crippen LogP contribution in [0.15, 0.2) is 65.6 Å². The summed E-state index contributed by atoms with van der Waals surface area (Å²) in [7, 11) is 0.284. The first-order chi connectivity index (χ1) is 17.1. The summed E-state index contributed by atoms with van der Waals surface area (Å²) >= 11 is 6.02. The number of halogens is 1. The molecule has 192 valence electrons. The van der Waals surface area contributed by atoms with Crippen LogP contribution in [0, 0.1) is 6.92 Å². The van der Waals surface area contributed by atoms with Gasteiger partial charge in [0, 0.05) is 5.02 Å². The fourth-order valence-electron chi connectivity index (χ4n) is 3.65. The number of sulfonamides is 1. The molecule has 3 rings (SSSR count). The highest BCUT2D eigenvalue weighted by Crippen LogP contribution is 2.32. The van der Waals surface area contributed by atoms with E-state index in [-0.39, 0.29) is 16.3 Å². The van der Waals surface area contributed by atoms with Crippen LogP contribution in [0.5, 0.6) is 17.2 Å². The number of nitrogens with zero attached hydrogens (tertiary/aromatic N) is 1. The number of benzene rings is 3.